The lowest BCUT2D eigenvalue weighted by Gasteiger charge is -2.06. The maximum absolute atomic E-state index is 13.5. The Morgan fingerprint density at radius 1 is 1.38 bits per heavy atom. The van der Waals surface area contributed by atoms with E-state index in [-0.39, 0.29) is 28.6 Å². The van der Waals surface area contributed by atoms with E-state index < -0.39 is 16.6 Å². The first-order valence-corrected chi connectivity index (χ1v) is 6.07. The van der Waals surface area contributed by atoms with Gasteiger partial charge in [0.2, 0.25) is 0 Å². The number of carbonyl (C=O) groups is 1. The Kier molecular flexibility index (Phi) is 4.44. The van der Waals surface area contributed by atoms with Crippen molar-refractivity contribution in [1.82, 2.24) is 4.98 Å². The fourth-order valence-corrected chi connectivity index (χ4v) is 1.79. The second-order valence-electron chi connectivity index (χ2n) is 3.93. The molecule has 0 fully saturated rings. The maximum atomic E-state index is 13.5. The number of nitro groups is 1. The highest BCUT2D eigenvalue weighted by Crippen LogP contribution is 2.23. The molecular weight excluding hydrogens is 303 g/mol. The number of aromatic nitrogens is 1. The van der Waals surface area contributed by atoms with Gasteiger partial charge in [0.1, 0.15) is 18.0 Å². The van der Waals surface area contributed by atoms with Gasteiger partial charge in [0, 0.05) is 16.6 Å². The zero-order valence-corrected chi connectivity index (χ0v) is 11.2. The van der Waals surface area contributed by atoms with Gasteiger partial charge in [0.15, 0.2) is 6.29 Å². The number of halogens is 2. The average molecular weight is 311 g/mol. The second kappa shape index (κ2) is 6.27. The number of carbonyl (C=O) groups excluding carboxylic acids is 1. The fourth-order valence-electron chi connectivity index (χ4n) is 1.58. The molecule has 0 amide bonds. The highest BCUT2D eigenvalue weighted by atomic mass is 35.5. The van der Waals surface area contributed by atoms with Gasteiger partial charge in [-0.1, -0.05) is 17.7 Å². The highest BCUT2D eigenvalue weighted by molar-refractivity contribution is 6.31. The highest BCUT2D eigenvalue weighted by Gasteiger charge is 2.18. The van der Waals surface area contributed by atoms with Crippen LogP contribution in [0.15, 0.2) is 30.3 Å². The third-order valence-corrected chi connectivity index (χ3v) is 2.96. The maximum Gasteiger partial charge on any atom is 0.378 e. The van der Waals surface area contributed by atoms with Crippen LogP contribution in [-0.2, 0) is 6.61 Å². The van der Waals surface area contributed by atoms with Crippen molar-refractivity contribution in [3.8, 4) is 5.88 Å². The molecule has 0 aliphatic rings. The predicted molar refractivity (Wildman–Crippen MR) is 72.0 cm³/mol. The molecule has 1 aromatic heterocycles. The van der Waals surface area contributed by atoms with Crippen LogP contribution in [0.3, 0.4) is 0 Å². The van der Waals surface area contributed by atoms with E-state index in [9.17, 15) is 19.3 Å². The topological polar surface area (TPSA) is 82.3 Å². The van der Waals surface area contributed by atoms with E-state index in [0.29, 0.717) is 6.29 Å². The summed E-state index contributed by atoms with van der Waals surface area (Å²) >= 11 is 5.83. The van der Waals surface area contributed by atoms with Crippen molar-refractivity contribution >= 4 is 23.7 Å². The number of ether oxygens (including phenoxy) is 1. The minimum Gasteiger partial charge on any atom is -0.454 e. The van der Waals surface area contributed by atoms with Crippen LogP contribution < -0.4 is 4.74 Å². The van der Waals surface area contributed by atoms with Crippen LogP contribution in [-0.4, -0.2) is 16.2 Å². The predicted octanol–water partition coefficient (Wildman–Crippen LogP) is 3.17. The van der Waals surface area contributed by atoms with Crippen molar-refractivity contribution in [2.45, 2.75) is 6.61 Å². The van der Waals surface area contributed by atoms with Gasteiger partial charge in [-0.25, -0.2) is 4.39 Å². The molecule has 2 rings (SSSR count). The lowest BCUT2D eigenvalue weighted by molar-refractivity contribution is -0.389. The molecule has 108 valence electrons. The number of rotatable bonds is 5. The summed E-state index contributed by atoms with van der Waals surface area (Å²) in [6, 6.07) is 6.65. The number of pyridine rings is 1. The molecule has 0 unspecified atom stereocenters. The molecule has 0 spiro atoms. The number of benzene rings is 1. The number of hydrogen-bond acceptors (Lipinski definition) is 5. The van der Waals surface area contributed by atoms with Gasteiger partial charge in [-0.2, -0.15) is 0 Å². The van der Waals surface area contributed by atoms with Crippen LogP contribution in [0.1, 0.15) is 15.9 Å². The number of hydrogen-bond donors (Lipinski definition) is 0. The Morgan fingerprint density at radius 2 is 2.14 bits per heavy atom. The van der Waals surface area contributed by atoms with Crippen molar-refractivity contribution in [3.05, 3.63) is 62.4 Å². The van der Waals surface area contributed by atoms with Crippen LogP contribution in [0, 0.1) is 15.9 Å². The van der Waals surface area contributed by atoms with Crippen molar-refractivity contribution in [1.29, 1.82) is 0 Å². The third kappa shape index (κ3) is 3.32. The first kappa shape index (κ1) is 14.9. The second-order valence-corrected chi connectivity index (χ2v) is 4.33. The third-order valence-electron chi connectivity index (χ3n) is 2.61. The van der Waals surface area contributed by atoms with E-state index in [1.807, 2.05) is 0 Å². The van der Waals surface area contributed by atoms with Crippen LogP contribution >= 0.6 is 11.6 Å². The van der Waals surface area contributed by atoms with E-state index in [2.05, 4.69) is 4.98 Å². The molecule has 0 saturated heterocycles. The summed E-state index contributed by atoms with van der Waals surface area (Å²) in [6.07, 6.45) is 0.322. The molecule has 6 nitrogen and oxygen atoms in total. The summed E-state index contributed by atoms with van der Waals surface area (Å²) < 4.78 is 18.7. The SMILES string of the molecule is O=Cc1ccc(OCc2c(F)cccc2Cl)nc1[N+](=O)[O-]. The number of nitrogens with zero attached hydrogens (tertiary/aromatic N) is 2. The van der Waals surface area contributed by atoms with Gasteiger partial charge in [0.25, 0.3) is 0 Å². The Bertz CT molecular complexity index is 688. The van der Waals surface area contributed by atoms with Crippen molar-refractivity contribution in [2.24, 2.45) is 0 Å². The minimum absolute atomic E-state index is 0.105. The van der Waals surface area contributed by atoms with Gasteiger partial charge in [-0.15, -0.1) is 0 Å². The summed E-state index contributed by atoms with van der Waals surface area (Å²) in [5, 5.41) is 10.9. The largest absolute Gasteiger partial charge is 0.454 e. The van der Waals surface area contributed by atoms with Gasteiger partial charge in [-0.3, -0.25) is 4.79 Å². The van der Waals surface area contributed by atoms with Crippen molar-refractivity contribution < 1.29 is 18.8 Å². The summed E-state index contributed by atoms with van der Waals surface area (Å²) in [5.74, 6) is -1.28. The van der Waals surface area contributed by atoms with E-state index in [4.69, 9.17) is 16.3 Å². The average Bonchev–Trinajstić information content (AvgIpc) is 2.46. The molecule has 0 N–H and O–H groups in total. The Hall–Kier alpha value is -2.54. The van der Waals surface area contributed by atoms with Gasteiger partial charge in [-0.05, 0) is 23.1 Å². The van der Waals surface area contributed by atoms with E-state index >= 15 is 0 Å². The zero-order valence-electron chi connectivity index (χ0n) is 10.5. The summed E-state index contributed by atoms with van der Waals surface area (Å²) in [6.45, 7) is -0.240. The summed E-state index contributed by atoms with van der Waals surface area (Å²) in [5.41, 5.74) is -0.0562. The van der Waals surface area contributed by atoms with Crippen LogP contribution in [0.25, 0.3) is 0 Å². The zero-order chi connectivity index (χ0) is 15.4. The molecule has 1 heterocycles. The van der Waals surface area contributed by atoms with E-state index in [1.165, 1.54) is 30.3 Å². The first-order valence-electron chi connectivity index (χ1n) is 5.69. The summed E-state index contributed by atoms with van der Waals surface area (Å²) in [4.78, 5) is 24.2. The summed E-state index contributed by atoms with van der Waals surface area (Å²) in [7, 11) is 0. The number of aldehydes is 1. The molecule has 0 aliphatic carbocycles. The van der Waals surface area contributed by atoms with E-state index in [0.717, 1.165) is 0 Å². The van der Waals surface area contributed by atoms with Crippen molar-refractivity contribution in [2.75, 3.05) is 0 Å². The fraction of sp³-hybridized carbons (Fsp3) is 0.0769. The molecule has 0 saturated carbocycles. The quantitative estimate of drug-likeness (QED) is 0.481. The molecule has 2 aromatic rings. The normalized spacial score (nSPS) is 10.2. The van der Waals surface area contributed by atoms with Gasteiger partial charge < -0.3 is 14.9 Å². The Balaban J connectivity index is 2.23. The molecular formula is C13H8ClFN2O4. The molecule has 0 atom stereocenters. The minimum atomic E-state index is -0.799. The standard InChI is InChI=1S/C13H8ClFN2O4/c14-10-2-1-3-11(15)9(10)7-21-12-5-4-8(6-18)13(16-12)17(19)20/h1-6H,7H2. The van der Waals surface area contributed by atoms with Crippen LogP contribution in [0.4, 0.5) is 10.2 Å². The van der Waals surface area contributed by atoms with Crippen molar-refractivity contribution in [3.63, 3.8) is 0 Å². The monoisotopic (exact) mass is 310 g/mol. The molecule has 0 bridgehead atoms. The van der Waals surface area contributed by atoms with Crippen LogP contribution in [0.5, 0.6) is 5.88 Å². The Morgan fingerprint density at radius 3 is 2.76 bits per heavy atom. The molecule has 21 heavy (non-hydrogen) atoms. The first-order chi connectivity index (χ1) is 10.0. The lowest BCUT2D eigenvalue weighted by Crippen LogP contribution is -2.03. The molecule has 8 heteroatoms. The van der Waals surface area contributed by atoms with Gasteiger partial charge in [0.05, 0.1) is 5.02 Å². The lowest BCUT2D eigenvalue weighted by atomic mass is 10.2. The Labute approximate surface area is 123 Å². The van der Waals surface area contributed by atoms with Gasteiger partial charge >= 0.3 is 11.7 Å². The van der Waals surface area contributed by atoms with E-state index in [1.54, 1.807) is 0 Å². The van der Waals surface area contributed by atoms with Crippen LogP contribution in [0.2, 0.25) is 5.02 Å². The molecule has 1 aromatic carbocycles. The molecule has 0 aliphatic heterocycles. The smallest absolute Gasteiger partial charge is 0.378 e. The molecule has 0 radical (unpaired) electrons.